The topological polar surface area (TPSA) is 41.1 Å². The van der Waals surface area contributed by atoms with Crippen LogP contribution in [0.25, 0.3) is 0 Å². The summed E-state index contributed by atoms with van der Waals surface area (Å²) in [5.41, 5.74) is -0.529. The molecule has 20 heavy (non-hydrogen) atoms. The molecule has 0 heterocycles. The Labute approximate surface area is 110 Å². The molecule has 0 bridgehead atoms. The van der Waals surface area contributed by atoms with Gasteiger partial charge in [0.05, 0.1) is 5.69 Å². The number of hydrogen-bond acceptors (Lipinski definition) is 2. The van der Waals surface area contributed by atoms with E-state index < -0.39 is 47.8 Å². The predicted octanol–water partition coefficient (Wildman–Crippen LogP) is 2.58. The number of carbonyl (C=O) groups excluding carboxylic acids is 1. The number of rotatable bonds is 4. The van der Waals surface area contributed by atoms with E-state index in [0.717, 1.165) is 13.0 Å². The van der Waals surface area contributed by atoms with E-state index in [1.165, 1.54) is 0 Å². The Morgan fingerprint density at radius 1 is 1.20 bits per heavy atom. The molecule has 1 rings (SSSR count). The molecule has 1 unspecified atom stereocenters. The zero-order valence-corrected chi connectivity index (χ0v) is 10.1. The van der Waals surface area contributed by atoms with Crippen LogP contribution >= 0.6 is 0 Å². The molecule has 0 radical (unpaired) electrons. The van der Waals surface area contributed by atoms with E-state index in [1.54, 1.807) is 5.32 Å². The van der Waals surface area contributed by atoms with Crippen LogP contribution < -0.4 is 10.6 Å². The maximum Gasteiger partial charge on any atom is 0.405 e. The minimum absolute atomic E-state index is 0.529. The van der Waals surface area contributed by atoms with Gasteiger partial charge in [-0.1, -0.05) is 0 Å². The first-order valence-corrected chi connectivity index (χ1v) is 5.36. The third kappa shape index (κ3) is 4.32. The Morgan fingerprint density at radius 2 is 1.80 bits per heavy atom. The van der Waals surface area contributed by atoms with Crippen molar-refractivity contribution in [1.82, 2.24) is 5.32 Å². The summed E-state index contributed by atoms with van der Waals surface area (Å²) in [5.74, 6) is -5.77. The monoisotopic (exact) mass is 300 g/mol. The molecule has 1 aromatic carbocycles. The second-order valence-electron chi connectivity index (χ2n) is 3.92. The second kappa shape index (κ2) is 6.02. The molecule has 0 saturated heterocycles. The number of carbonyl (C=O) groups is 1. The summed E-state index contributed by atoms with van der Waals surface area (Å²) in [7, 11) is 0. The highest BCUT2D eigenvalue weighted by Gasteiger charge is 2.29. The number of halogens is 6. The van der Waals surface area contributed by atoms with Gasteiger partial charge >= 0.3 is 6.18 Å². The van der Waals surface area contributed by atoms with Crippen LogP contribution in [0.5, 0.6) is 0 Å². The fourth-order valence-electron chi connectivity index (χ4n) is 1.28. The maximum absolute atomic E-state index is 13.3. The summed E-state index contributed by atoms with van der Waals surface area (Å²) in [6.07, 6.45) is -4.58. The molecular formula is C11H10F6N2O. The molecule has 0 spiro atoms. The van der Waals surface area contributed by atoms with Gasteiger partial charge in [-0.25, -0.2) is 13.2 Å². The number of hydrogen-bond donors (Lipinski definition) is 2. The number of benzene rings is 1. The number of nitrogens with one attached hydrogen (secondary N) is 2. The standard InChI is InChI=1S/C11H10F6N2O/c1-5(10(20)18-4-11(15,16)17)19-7-3-2-6(12)8(13)9(7)14/h2-3,5,19H,4H2,1H3,(H,18,20). The van der Waals surface area contributed by atoms with E-state index >= 15 is 0 Å². The molecule has 1 amide bonds. The lowest BCUT2D eigenvalue weighted by Crippen LogP contribution is -2.42. The van der Waals surface area contributed by atoms with Gasteiger partial charge in [0.15, 0.2) is 17.5 Å². The van der Waals surface area contributed by atoms with Crippen molar-refractivity contribution in [3.05, 3.63) is 29.6 Å². The molecule has 3 nitrogen and oxygen atoms in total. The first kappa shape index (κ1) is 16.1. The lowest BCUT2D eigenvalue weighted by Gasteiger charge is -2.16. The fourth-order valence-corrected chi connectivity index (χ4v) is 1.28. The van der Waals surface area contributed by atoms with E-state index in [-0.39, 0.29) is 0 Å². The normalized spacial score (nSPS) is 12.9. The molecular weight excluding hydrogens is 290 g/mol. The quantitative estimate of drug-likeness (QED) is 0.663. The smallest absolute Gasteiger partial charge is 0.371 e. The molecule has 1 atom stereocenters. The predicted molar refractivity (Wildman–Crippen MR) is 58.5 cm³/mol. The maximum atomic E-state index is 13.3. The molecule has 0 fully saturated rings. The van der Waals surface area contributed by atoms with Gasteiger partial charge in [-0.3, -0.25) is 4.79 Å². The highest BCUT2D eigenvalue weighted by Crippen LogP contribution is 2.20. The van der Waals surface area contributed by atoms with Crippen molar-refractivity contribution in [1.29, 1.82) is 0 Å². The summed E-state index contributed by atoms with van der Waals surface area (Å²) in [6.45, 7) is -0.398. The van der Waals surface area contributed by atoms with Gasteiger partial charge in [-0.15, -0.1) is 0 Å². The van der Waals surface area contributed by atoms with Gasteiger partial charge in [0, 0.05) is 0 Å². The van der Waals surface area contributed by atoms with Crippen LogP contribution in [0.4, 0.5) is 32.0 Å². The number of anilines is 1. The van der Waals surface area contributed by atoms with E-state index in [4.69, 9.17) is 0 Å². The Bertz CT molecular complexity index is 502. The summed E-state index contributed by atoms with van der Waals surface area (Å²) in [5, 5.41) is 3.72. The van der Waals surface area contributed by atoms with Crippen LogP contribution in [0.3, 0.4) is 0 Å². The zero-order chi connectivity index (χ0) is 15.5. The fraction of sp³-hybridized carbons (Fsp3) is 0.364. The molecule has 0 aliphatic carbocycles. The van der Waals surface area contributed by atoms with Crippen LogP contribution in [-0.2, 0) is 4.79 Å². The van der Waals surface area contributed by atoms with Crippen molar-refractivity contribution in [2.75, 3.05) is 11.9 Å². The van der Waals surface area contributed by atoms with Crippen LogP contribution in [0.15, 0.2) is 12.1 Å². The molecule has 9 heteroatoms. The summed E-state index contributed by atoms with van der Waals surface area (Å²) < 4.78 is 74.5. The van der Waals surface area contributed by atoms with Gasteiger partial charge in [0.1, 0.15) is 12.6 Å². The van der Waals surface area contributed by atoms with E-state index in [2.05, 4.69) is 5.32 Å². The third-order valence-electron chi connectivity index (χ3n) is 2.26. The summed E-state index contributed by atoms with van der Waals surface area (Å²) in [4.78, 5) is 11.3. The lowest BCUT2D eigenvalue weighted by molar-refractivity contribution is -0.138. The van der Waals surface area contributed by atoms with E-state index in [0.29, 0.717) is 6.07 Å². The molecule has 2 N–H and O–H groups in total. The average molecular weight is 300 g/mol. The molecule has 0 aromatic heterocycles. The third-order valence-corrected chi connectivity index (χ3v) is 2.26. The number of alkyl halides is 3. The molecule has 1 aromatic rings. The number of amides is 1. The Morgan fingerprint density at radius 3 is 2.35 bits per heavy atom. The van der Waals surface area contributed by atoms with Crippen molar-refractivity contribution in [2.45, 2.75) is 19.1 Å². The minimum atomic E-state index is -4.58. The van der Waals surface area contributed by atoms with Crippen LogP contribution in [-0.4, -0.2) is 24.7 Å². The highest BCUT2D eigenvalue weighted by atomic mass is 19.4. The first-order valence-electron chi connectivity index (χ1n) is 5.36. The van der Waals surface area contributed by atoms with Gasteiger partial charge < -0.3 is 10.6 Å². The van der Waals surface area contributed by atoms with Gasteiger partial charge in [0.2, 0.25) is 5.91 Å². The first-order chi connectivity index (χ1) is 9.11. The van der Waals surface area contributed by atoms with E-state index in [1.807, 2.05) is 0 Å². The Hall–Kier alpha value is -1.93. The zero-order valence-electron chi connectivity index (χ0n) is 10.1. The Kier molecular flexibility index (Phi) is 4.85. The molecule has 0 saturated carbocycles. The molecule has 112 valence electrons. The van der Waals surface area contributed by atoms with Crippen LogP contribution in [0, 0.1) is 17.5 Å². The van der Waals surface area contributed by atoms with Crippen LogP contribution in [0.1, 0.15) is 6.92 Å². The van der Waals surface area contributed by atoms with Gasteiger partial charge in [0.25, 0.3) is 0 Å². The van der Waals surface area contributed by atoms with Gasteiger partial charge in [-0.2, -0.15) is 13.2 Å². The van der Waals surface area contributed by atoms with Crippen molar-refractivity contribution in [3.8, 4) is 0 Å². The van der Waals surface area contributed by atoms with Crippen molar-refractivity contribution >= 4 is 11.6 Å². The second-order valence-corrected chi connectivity index (χ2v) is 3.92. The van der Waals surface area contributed by atoms with Crippen molar-refractivity contribution < 1.29 is 31.1 Å². The van der Waals surface area contributed by atoms with Crippen LogP contribution in [0.2, 0.25) is 0 Å². The SMILES string of the molecule is CC(Nc1ccc(F)c(F)c1F)C(=O)NCC(F)(F)F. The minimum Gasteiger partial charge on any atom is -0.371 e. The molecule has 0 aliphatic heterocycles. The van der Waals surface area contributed by atoms with Crippen molar-refractivity contribution in [3.63, 3.8) is 0 Å². The summed E-state index contributed by atoms with van der Waals surface area (Å²) >= 11 is 0. The lowest BCUT2D eigenvalue weighted by atomic mass is 10.2. The molecule has 0 aliphatic rings. The van der Waals surface area contributed by atoms with Crippen molar-refractivity contribution in [2.24, 2.45) is 0 Å². The highest BCUT2D eigenvalue weighted by molar-refractivity contribution is 5.84. The van der Waals surface area contributed by atoms with E-state index in [9.17, 15) is 31.1 Å². The van der Waals surface area contributed by atoms with Gasteiger partial charge in [-0.05, 0) is 19.1 Å². The average Bonchev–Trinajstić information content (AvgIpc) is 2.35. The summed E-state index contributed by atoms with van der Waals surface area (Å²) in [6, 6.07) is 0.194. The largest absolute Gasteiger partial charge is 0.405 e. The Balaban J connectivity index is 2.69.